The minimum absolute atomic E-state index is 0.293. The molecule has 1 aliphatic rings. The number of benzene rings is 1. The van der Waals surface area contributed by atoms with Gasteiger partial charge in [0.05, 0.1) is 17.3 Å². The van der Waals surface area contributed by atoms with Crippen molar-refractivity contribution in [2.24, 2.45) is 0 Å². The maximum Gasteiger partial charge on any atom is 0.329 e. The number of fused-ring (bicyclic) bond motifs is 1. The molecule has 1 unspecified atom stereocenters. The van der Waals surface area contributed by atoms with Crippen LogP contribution in [0.15, 0.2) is 53.1 Å². The van der Waals surface area contributed by atoms with Crippen LogP contribution in [0.2, 0.25) is 0 Å². The van der Waals surface area contributed by atoms with Gasteiger partial charge in [0.15, 0.2) is 5.76 Å². The zero-order valence-corrected chi connectivity index (χ0v) is 14.3. The van der Waals surface area contributed by atoms with Crippen molar-refractivity contribution in [3.8, 4) is 11.5 Å². The smallest absolute Gasteiger partial charge is 0.329 e. The van der Waals surface area contributed by atoms with Gasteiger partial charge in [-0.1, -0.05) is 18.2 Å². The molecule has 4 rings (SSSR count). The molecular weight excluding hydrogens is 332 g/mol. The van der Waals surface area contributed by atoms with Crippen molar-refractivity contribution in [1.29, 1.82) is 0 Å². The van der Waals surface area contributed by atoms with Gasteiger partial charge in [0, 0.05) is 11.9 Å². The summed E-state index contributed by atoms with van der Waals surface area (Å²) in [6, 6.07) is 12.6. The number of carbonyl (C=O) groups excluding carboxylic acids is 1. The molecule has 1 saturated heterocycles. The Hall–Kier alpha value is -3.15. The number of aliphatic carboxylic acids is 1. The van der Waals surface area contributed by atoms with E-state index in [1.807, 2.05) is 24.3 Å². The van der Waals surface area contributed by atoms with Gasteiger partial charge in [0.2, 0.25) is 0 Å². The first kappa shape index (κ1) is 16.3. The molecular formula is C20H18N2O4. The van der Waals surface area contributed by atoms with Crippen LogP contribution in [0.25, 0.3) is 22.4 Å². The molecule has 6 nitrogen and oxygen atoms in total. The van der Waals surface area contributed by atoms with Gasteiger partial charge < -0.3 is 14.4 Å². The van der Waals surface area contributed by atoms with E-state index in [0.717, 1.165) is 0 Å². The third-order valence-corrected chi connectivity index (χ3v) is 5.07. The second-order valence-electron chi connectivity index (χ2n) is 6.69. The van der Waals surface area contributed by atoms with Crippen LogP contribution >= 0.6 is 0 Å². The number of carbonyl (C=O) groups is 2. The molecule has 2 aromatic heterocycles. The van der Waals surface area contributed by atoms with Gasteiger partial charge in [-0.2, -0.15) is 0 Å². The van der Waals surface area contributed by atoms with E-state index in [4.69, 9.17) is 4.42 Å². The molecule has 0 bridgehead atoms. The normalized spacial score (nSPS) is 19.8. The van der Waals surface area contributed by atoms with E-state index in [-0.39, 0.29) is 5.91 Å². The summed E-state index contributed by atoms with van der Waals surface area (Å²) in [5, 5.41) is 10.3. The largest absolute Gasteiger partial charge is 0.480 e. The zero-order chi connectivity index (χ0) is 18.3. The number of aromatic nitrogens is 1. The number of pyridine rings is 1. The molecule has 1 atom stereocenters. The molecule has 0 saturated carbocycles. The Labute approximate surface area is 150 Å². The van der Waals surface area contributed by atoms with Crippen molar-refractivity contribution in [3.63, 3.8) is 0 Å². The Morgan fingerprint density at radius 1 is 1.23 bits per heavy atom. The number of amides is 1. The predicted octanol–water partition coefficient (Wildman–Crippen LogP) is 3.57. The van der Waals surface area contributed by atoms with Gasteiger partial charge in [-0.05, 0) is 44.0 Å². The van der Waals surface area contributed by atoms with Gasteiger partial charge in [0.1, 0.15) is 11.2 Å². The minimum Gasteiger partial charge on any atom is -0.480 e. The quantitative estimate of drug-likeness (QED) is 0.781. The van der Waals surface area contributed by atoms with Gasteiger partial charge in [-0.15, -0.1) is 0 Å². The second kappa shape index (κ2) is 5.98. The molecule has 1 aromatic carbocycles. The lowest BCUT2D eigenvalue weighted by Crippen LogP contribution is -2.50. The molecule has 1 fully saturated rings. The Bertz CT molecular complexity index is 996. The molecule has 3 aromatic rings. The maximum atomic E-state index is 13.3. The molecule has 132 valence electrons. The van der Waals surface area contributed by atoms with E-state index in [1.165, 1.54) is 4.90 Å². The van der Waals surface area contributed by atoms with Crippen molar-refractivity contribution in [3.05, 3.63) is 54.3 Å². The van der Waals surface area contributed by atoms with Crippen LogP contribution in [-0.2, 0) is 4.79 Å². The summed E-state index contributed by atoms with van der Waals surface area (Å²) in [6.45, 7) is 2.03. The summed E-state index contributed by atoms with van der Waals surface area (Å²) in [5.74, 6) is -0.709. The number of furan rings is 1. The van der Waals surface area contributed by atoms with E-state index in [0.29, 0.717) is 47.3 Å². The summed E-state index contributed by atoms with van der Waals surface area (Å²) < 4.78 is 5.43. The van der Waals surface area contributed by atoms with Gasteiger partial charge in [0.25, 0.3) is 5.91 Å². The van der Waals surface area contributed by atoms with Crippen LogP contribution in [-0.4, -0.2) is 39.0 Å². The third-order valence-electron chi connectivity index (χ3n) is 5.07. The number of hydrogen-bond donors (Lipinski definition) is 1. The highest BCUT2D eigenvalue weighted by molar-refractivity contribution is 6.08. The van der Waals surface area contributed by atoms with Gasteiger partial charge >= 0.3 is 5.97 Å². The lowest BCUT2D eigenvalue weighted by atomic mass is 9.97. The monoisotopic (exact) mass is 350 g/mol. The predicted molar refractivity (Wildman–Crippen MR) is 95.8 cm³/mol. The average molecular weight is 350 g/mol. The molecule has 26 heavy (non-hydrogen) atoms. The van der Waals surface area contributed by atoms with Gasteiger partial charge in [-0.25, -0.2) is 9.78 Å². The number of carboxylic acid groups (broad SMARTS) is 1. The first-order chi connectivity index (χ1) is 12.5. The molecule has 1 N–H and O–H groups in total. The summed E-state index contributed by atoms with van der Waals surface area (Å²) in [7, 11) is 0. The third kappa shape index (κ3) is 2.45. The van der Waals surface area contributed by atoms with Crippen LogP contribution in [0, 0.1) is 0 Å². The summed E-state index contributed by atoms with van der Waals surface area (Å²) in [5.41, 5.74) is 0.470. The van der Waals surface area contributed by atoms with Crippen molar-refractivity contribution in [2.45, 2.75) is 25.3 Å². The highest BCUT2D eigenvalue weighted by Crippen LogP contribution is 2.33. The van der Waals surface area contributed by atoms with Gasteiger partial charge in [-0.3, -0.25) is 4.79 Å². The first-order valence-electron chi connectivity index (χ1n) is 8.50. The van der Waals surface area contributed by atoms with E-state index < -0.39 is 11.5 Å². The first-order valence-corrected chi connectivity index (χ1v) is 8.50. The van der Waals surface area contributed by atoms with Crippen molar-refractivity contribution in [2.75, 3.05) is 6.54 Å². The highest BCUT2D eigenvalue weighted by atomic mass is 16.4. The fourth-order valence-electron chi connectivity index (χ4n) is 3.56. The Morgan fingerprint density at radius 3 is 2.77 bits per heavy atom. The highest BCUT2D eigenvalue weighted by Gasteiger charge is 2.46. The van der Waals surface area contributed by atoms with Crippen molar-refractivity contribution < 1.29 is 19.1 Å². The summed E-state index contributed by atoms with van der Waals surface area (Å²) in [4.78, 5) is 31.1. The number of carboxylic acids is 1. The van der Waals surface area contributed by atoms with E-state index in [2.05, 4.69) is 4.98 Å². The Balaban J connectivity index is 1.87. The number of likely N-dealkylation sites (tertiary alicyclic amines) is 1. The van der Waals surface area contributed by atoms with E-state index >= 15 is 0 Å². The maximum absolute atomic E-state index is 13.3. The number of hydrogen-bond acceptors (Lipinski definition) is 4. The Kier molecular flexibility index (Phi) is 3.76. The molecule has 0 radical (unpaired) electrons. The molecule has 0 aliphatic carbocycles. The van der Waals surface area contributed by atoms with Crippen LogP contribution in [0.3, 0.4) is 0 Å². The van der Waals surface area contributed by atoms with Crippen LogP contribution in [0.4, 0.5) is 0 Å². The SMILES string of the molecule is CC1(C(=O)O)CCCN1C(=O)c1cc(-c2ccco2)nc2ccccc12. The van der Waals surface area contributed by atoms with Crippen LogP contribution < -0.4 is 0 Å². The van der Waals surface area contributed by atoms with Crippen LogP contribution in [0.5, 0.6) is 0 Å². The van der Waals surface area contributed by atoms with Crippen molar-refractivity contribution >= 4 is 22.8 Å². The molecule has 1 aliphatic heterocycles. The standard InChI is InChI=1S/C20H18N2O4/c1-20(19(24)25)9-5-10-22(20)18(23)14-12-16(17-8-4-11-26-17)21-15-7-3-2-6-13(14)15/h2-4,6-8,11-12H,5,9-10H2,1H3,(H,24,25). The van der Waals surface area contributed by atoms with E-state index in [1.54, 1.807) is 31.4 Å². The lowest BCUT2D eigenvalue weighted by Gasteiger charge is -2.31. The summed E-state index contributed by atoms with van der Waals surface area (Å²) >= 11 is 0. The molecule has 1 amide bonds. The number of para-hydroxylation sites is 1. The Morgan fingerprint density at radius 2 is 2.04 bits per heavy atom. The topological polar surface area (TPSA) is 83.6 Å². The van der Waals surface area contributed by atoms with Crippen molar-refractivity contribution in [1.82, 2.24) is 9.88 Å². The fraction of sp³-hybridized carbons (Fsp3) is 0.250. The zero-order valence-electron chi connectivity index (χ0n) is 14.3. The van der Waals surface area contributed by atoms with Crippen LogP contribution in [0.1, 0.15) is 30.1 Å². The minimum atomic E-state index is -1.19. The summed E-state index contributed by atoms with van der Waals surface area (Å²) in [6.07, 6.45) is 2.67. The average Bonchev–Trinajstić information content (AvgIpc) is 3.30. The molecule has 6 heteroatoms. The number of rotatable bonds is 3. The van der Waals surface area contributed by atoms with E-state index in [9.17, 15) is 14.7 Å². The molecule has 3 heterocycles. The second-order valence-corrected chi connectivity index (χ2v) is 6.69. The lowest BCUT2D eigenvalue weighted by molar-refractivity contribution is -0.147. The number of nitrogens with zero attached hydrogens (tertiary/aromatic N) is 2. The molecule has 0 spiro atoms. The fourth-order valence-corrected chi connectivity index (χ4v) is 3.56.